The molecule has 11 heteroatoms. The van der Waals surface area contributed by atoms with Crippen LogP contribution in [-0.2, 0) is 16.2 Å². The molecular weight excluding hydrogens is 485 g/mol. The van der Waals surface area contributed by atoms with Crippen LogP contribution in [0.25, 0.3) is 0 Å². The zero-order valence-electron chi connectivity index (χ0n) is 14.0. The summed E-state index contributed by atoms with van der Waals surface area (Å²) >= 11 is 8.92. The van der Waals surface area contributed by atoms with E-state index in [0.29, 0.717) is 12.8 Å². The summed E-state index contributed by atoms with van der Waals surface area (Å²) in [5.74, 6) is -0.726. The second kappa shape index (κ2) is 7.57. The zero-order valence-corrected chi connectivity index (χ0v) is 17.1. The Morgan fingerprint density at radius 3 is 2.32 bits per heavy atom. The molecule has 5 nitrogen and oxygen atoms in total. The fourth-order valence-corrected chi connectivity index (χ4v) is 4.45. The van der Waals surface area contributed by atoms with Gasteiger partial charge < -0.3 is 5.32 Å². The van der Waals surface area contributed by atoms with E-state index >= 15 is 0 Å². The van der Waals surface area contributed by atoms with Gasteiger partial charge in [0, 0.05) is 9.50 Å². The SMILES string of the molecule is O=C(Nc1ccc(C(F)(F)F)cc1Br)c1cc(Cl)ccc1NS(=O)(=O)C1CC1. The molecule has 0 aliphatic heterocycles. The number of halogens is 5. The molecule has 1 aliphatic rings. The molecule has 0 aromatic heterocycles. The summed E-state index contributed by atoms with van der Waals surface area (Å²) in [7, 11) is -3.62. The highest BCUT2D eigenvalue weighted by Gasteiger charge is 2.36. The number of alkyl halides is 3. The van der Waals surface area contributed by atoms with Gasteiger partial charge in [0.15, 0.2) is 0 Å². The second-order valence-corrected chi connectivity index (χ2v) is 9.43. The number of hydrogen-bond acceptors (Lipinski definition) is 3. The number of hydrogen-bond donors (Lipinski definition) is 2. The molecule has 3 rings (SSSR count). The first-order chi connectivity index (χ1) is 13.0. The van der Waals surface area contributed by atoms with Crippen LogP contribution in [0.1, 0.15) is 28.8 Å². The van der Waals surface area contributed by atoms with Crippen molar-refractivity contribution >= 4 is 54.8 Å². The maximum Gasteiger partial charge on any atom is 0.416 e. The van der Waals surface area contributed by atoms with Gasteiger partial charge in [0.25, 0.3) is 5.91 Å². The molecular formula is C17H13BrClF3N2O3S. The molecule has 2 aromatic rings. The third-order valence-corrected chi connectivity index (χ3v) is 6.73. The molecule has 2 aromatic carbocycles. The van der Waals surface area contributed by atoms with Gasteiger partial charge in [-0.05, 0) is 65.2 Å². The van der Waals surface area contributed by atoms with Crippen LogP contribution in [0.5, 0.6) is 0 Å². The first-order valence-corrected chi connectivity index (χ1v) is 10.7. The largest absolute Gasteiger partial charge is 0.416 e. The average molecular weight is 498 g/mol. The van der Waals surface area contributed by atoms with Crippen molar-refractivity contribution in [3.8, 4) is 0 Å². The van der Waals surface area contributed by atoms with Crippen LogP contribution in [0.2, 0.25) is 5.02 Å². The lowest BCUT2D eigenvalue weighted by molar-refractivity contribution is -0.137. The van der Waals surface area contributed by atoms with Gasteiger partial charge in [-0.3, -0.25) is 9.52 Å². The molecule has 1 fully saturated rings. The molecule has 150 valence electrons. The number of carbonyl (C=O) groups excluding carboxylic acids is 1. The molecule has 0 heterocycles. The van der Waals surface area contributed by atoms with Crippen molar-refractivity contribution in [3.05, 3.63) is 57.0 Å². The predicted molar refractivity (Wildman–Crippen MR) is 104 cm³/mol. The number of benzene rings is 2. The standard InChI is InChI=1S/C17H13BrClF3N2O3S/c18-13-7-9(17(20,21)22)1-5-15(13)23-16(25)12-8-10(19)2-6-14(12)24-28(26,27)11-3-4-11/h1-2,5-8,11,24H,3-4H2,(H,23,25). The predicted octanol–water partition coefficient (Wildman–Crippen LogP) is 5.28. The molecule has 0 atom stereocenters. The van der Waals surface area contributed by atoms with E-state index in [4.69, 9.17) is 11.6 Å². The minimum absolute atomic E-state index is 0.0258. The Kier molecular flexibility index (Phi) is 5.66. The molecule has 1 amide bonds. The minimum Gasteiger partial charge on any atom is -0.321 e. The van der Waals surface area contributed by atoms with Crippen LogP contribution in [0.3, 0.4) is 0 Å². The smallest absolute Gasteiger partial charge is 0.321 e. The summed E-state index contributed by atoms with van der Waals surface area (Å²) in [5, 5.41) is 2.16. The lowest BCUT2D eigenvalue weighted by Crippen LogP contribution is -2.21. The molecule has 0 unspecified atom stereocenters. The first kappa shape index (κ1) is 20.9. The molecule has 0 radical (unpaired) electrons. The van der Waals surface area contributed by atoms with Gasteiger partial charge in [0.2, 0.25) is 10.0 Å². The highest BCUT2D eigenvalue weighted by molar-refractivity contribution is 9.10. The van der Waals surface area contributed by atoms with Crippen molar-refractivity contribution in [3.63, 3.8) is 0 Å². The molecule has 2 N–H and O–H groups in total. The Balaban J connectivity index is 1.87. The van der Waals surface area contributed by atoms with Crippen LogP contribution >= 0.6 is 27.5 Å². The molecule has 1 saturated carbocycles. The third-order valence-electron chi connectivity index (χ3n) is 3.99. The van der Waals surface area contributed by atoms with E-state index in [1.807, 2.05) is 0 Å². The Bertz CT molecular complexity index is 1040. The topological polar surface area (TPSA) is 75.3 Å². The van der Waals surface area contributed by atoms with Crippen LogP contribution in [0, 0.1) is 0 Å². The third kappa shape index (κ3) is 4.79. The Morgan fingerprint density at radius 1 is 1.11 bits per heavy atom. The van der Waals surface area contributed by atoms with Crippen molar-refractivity contribution in [2.45, 2.75) is 24.3 Å². The molecule has 28 heavy (non-hydrogen) atoms. The molecule has 0 saturated heterocycles. The molecule has 1 aliphatic carbocycles. The number of anilines is 2. The molecule has 0 bridgehead atoms. The quantitative estimate of drug-likeness (QED) is 0.590. The van der Waals surface area contributed by atoms with Crippen molar-refractivity contribution in [1.82, 2.24) is 0 Å². The summed E-state index contributed by atoms with van der Waals surface area (Å²) in [4.78, 5) is 12.6. The monoisotopic (exact) mass is 496 g/mol. The summed E-state index contributed by atoms with van der Waals surface area (Å²) in [6, 6.07) is 6.83. The first-order valence-electron chi connectivity index (χ1n) is 7.96. The van der Waals surface area contributed by atoms with Gasteiger partial charge in [-0.15, -0.1) is 0 Å². The van der Waals surface area contributed by atoms with Gasteiger partial charge in [-0.1, -0.05) is 11.6 Å². The summed E-state index contributed by atoms with van der Waals surface area (Å²) in [5.41, 5.74) is -0.799. The fourth-order valence-electron chi connectivity index (χ4n) is 2.39. The lowest BCUT2D eigenvalue weighted by atomic mass is 10.1. The maximum absolute atomic E-state index is 12.8. The Hall–Kier alpha value is -1.78. The summed E-state index contributed by atoms with van der Waals surface area (Å²) in [6.07, 6.45) is -3.43. The fraction of sp³-hybridized carbons (Fsp3) is 0.235. The van der Waals surface area contributed by atoms with Crippen LogP contribution in [0.15, 0.2) is 40.9 Å². The van der Waals surface area contributed by atoms with Crippen molar-refractivity contribution in [2.75, 3.05) is 10.0 Å². The van der Waals surface area contributed by atoms with E-state index in [-0.39, 0.29) is 26.4 Å². The van der Waals surface area contributed by atoms with Gasteiger partial charge >= 0.3 is 6.18 Å². The van der Waals surface area contributed by atoms with Crippen molar-refractivity contribution < 1.29 is 26.4 Å². The van der Waals surface area contributed by atoms with Gasteiger partial charge in [-0.25, -0.2) is 8.42 Å². The van der Waals surface area contributed by atoms with Crippen molar-refractivity contribution in [1.29, 1.82) is 0 Å². The average Bonchev–Trinajstić information content (AvgIpc) is 3.42. The van der Waals surface area contributed by atoms with Crippen LogP contribution < -0.4 is 10.0 Å². The maximum atomic E-state index is 12.8. The summed E-state index contributed by atoms with van der Waals surface area (Å²) in [6.45, 7) is 0. The Labute approximate surface area is 172 Å². The minimum atomic E-state index is -4.52. The van der Waals surface area contributed by atoms with E-state index < -0.39 is 32.9 Å². The number of sulfonamides is 1. The van der Waals surface area contributed by atoms with Crippen LogP contribution in [-0.4, -0.2) is 19.6 Å². The summed E-state index contributed by atoms with van der Waals surface area (Å²) < 4.78 is 65.0. The van der Waals surface area contributed by atoms with E-state index in [0.717, 1.165) is 18.2 Å². The highest BCUT2D eigenvalue weighted by atomic mass is 79.9. The van der Waals surface area contributed by atoms with Crippen LogP contribution in [0.4, 0.5) is 24.5 Å². The number of carbonyl (C=O) groups is 1. The van der Waals surface area contributed by atoms with Gasteiger partial charge in [-0.2, -0.15) is 13.2 Å². The van der Waals surface area contributed by atoms with E-state index in [1.165, 1.54) is 18.2 Å². The van der Waals surface area contributed by atoms with Gasteiger partial charge in [0.05, 0.1) is 27.8 Å². The number of rotatable bonds is 5. The number of nitrogens with one attached hydrogen (secondary N) is 2. The van der Waals surface area contributed by atoms with E-state index in [1.54, 1.807) is 0 Å². The van der Waals surface area contributed by atoms with Crippen molar-refractivity contribution in [2.24, 2.45) is 0 Å². The second-order valence-electron chi connectivity index (χ2n) is 6.18. The number of amides is 1. The van der Waals surface area contributed by atoms with E-state index in [2.05, 4.69) is 26.0 Å². The van der Waals surface area contributed by atoms with E-state index in [9.17, 15) is 26.4 Å². The molecule has 0 spiro atoms. The lowest BCUT2D eigenvalue weighted by Gasteiger charge is -2.14. The highest BCUT2D eigenvalue weighted by Crippen LogP contribution is 2.35. The van der Waals surface area contributed by atoms with Gasteiger partial charge in [0.1, 0.15) is 0 Å². The Morgan fingerprint density at radius 2 is 1.75 bits per heavy atom. The normalized spacial score (nSPS) is 14.6. The zero-order chi connectivity index (χ0) is 20.7.